The Morgan fingerprint density at radius 2 is 1.73 bits per heavy atom. The second kappa shape index (κ2) is 12.6. The van der Waals surface area contributed by atoms with Crippen molar-refractivity contribution in [1.29, 1.82) is 0 Å². The van der Waals surface area contributed by atoms with E-state index in [4.69, 9.17) is 23.2 Å². The summed E-state index contributed by atoms with van der Waals surface area (Å²) in [5, 5.41) is 3.97. The Labute approximate surface area is 209 Å². The predicted molar refractivity (Wildman–Crippen MR) is 134 cm³/mol. The minimum Gasteiger partial charge on any atom is -0.352 e. The van der Waals surface area contributed by atoms with Crippen molar-refractivity contribution in [2.24, 2.45) is 0 Å². The number of nitrogens with one attached hydrogen (secondary N) is 1. The van der Waals surface area contributed by atoms with Crippen LogP contribution in [0.4, 0.5) is 4.39 Å². The number of nitrogens with zero attached hydrogens (tertiary/aromatic N) is 1. The van der Waals surface area contributed by atoms with Crippen LogP contribution in [0, 0.1) is 5.82 Å². The Hall–Kier alpha value is -1.76. The number of carbonyl (C=O) groups is 2. The molecule has 1 saturated carbocycles. The third kappa shape index (κ3) is 7.90. The summed E-state index contributed by atoms with van der Waals surface area (Å²) < 4.78 is 13.1. The standard InChI is InChI=1S/C25H29Cl2FN2O2S/c1-17(25(32)29-21-5-3-2-4-6-21)30(14-19-9-12-22(26)23(27)13-19)24(31)16-33-15-18-7-10-20(28)11-8-18/h7-13,17,21H,2-6,14-16H2,1H3,(H,29,32)/t17-/m1/s1. The van der Waals surface area contributed by atoms with Crippen molar-refractivity contribution < 1.29 is 14.0 Å². The molecule has 2 aromatic carbocycles. The highest BCUT2D eigenvalue weighted by Gasteiger charge is 2.28. The van der Waals surface area contributed by atoms with E-state index in [0.717, 1.165) is 36.8 Å². The average molecular weight is 511 g/mol. The molecule has 1 aliphatic carbocycles. The number of carbonyl (C=O) groups excluding carboxylic acids is 2. The Kier molecular flexibility index (Phi) is 9.90. The SMILES string of the molecule is C[C@H](C(=O)NC1CCCCC1)N(Cc1ccc(Cl)c(Cl)c1)C(=O)CSCc1ccc(F)cc1. The number of hydrogen-bond donors (Lipinski definition) is 1. The van der Waals surface area contributed by atoms with Gasteiger partial charge in [-0.1, -0.05) is 60.7 Å². The van der Waals surface area contributed by atoms with Crippen LogP contribution in [-0.4, -0.2) is 34.6 Å². The van der Waals surface area contributed by atoms with Gasteiger partial charge in [-0.3, -0.25) is 9.59 Å². The molecule has 8 heteroatoms. The maximum atomic E-state index is 13.2. The second-order valence-corrected chi connectivity index (χ2v) is 10.2. The van der Waals surface area contributed by atoms with Crippen molar-refractivity contribution >= 4 is 46.8 Å². The van der Waals surface area contributed by atoms with Gasteiger partial charge in [-0.05, 0) is 55.2 Å². The quantitative estimate of drug-likeness (QED) is 0.434. The molecule has 3 rings (SSSR count). The van der Waals surface area contributed by atoms with Crippen LogP contribution in [0.5, 0.6) is 0 Å². The topological polar surface area (TPSA) is 49.4 Å². The molecule has 178 valence electrons. The Bertz CT molecular complexity index is 952. The summed E-state index contributed by atoms with van der Waals surface area (Å²) in [7, 11) is 0. The van der Waals surface area contributed by atoms with E-state index in [1.54, 1.807) is 36.1 Å². The molecule has 0 unspecified atom stereocenters. The van der Waals surface area contributed by atoms with Crippen LogP contribution in [0.25, 0.3) is 0 Å². The number of hydrogen-bond acceptors (Lipinski definition) is 3. The van der Waals surface area contributed by atoms with E-state index in [9.17, 15) is 14.0 Å². The molecule has 0 heterocycles. The summed E-state index contributed by atoms with van der Waals surface area (Å²) in [6, 6.07) is 11.0. The highest BCUT2D eigenvalue weighted by Crippen LogP contribution is 2.24. The summed E-state index contributed by atoms with van der Waals surface area (Å²) in [5.41, 5.74) is 1.74. The molecule has 1 atom stereocenters. The predicted octanol–water partition coefficient (Wildman–Crippen LogP) is 6.23. The van der Waals surface area contributed by atoms with Crippen LogP contribution in [-0.2, 0) is 21.9 Å². The summed E-state index contributed by atoms with van der Waals surface area (Å²) in [6.45, 7) is 2.02. The highest BCUT2D eigenvalue weighted by atomic mass is 35.5. The molecule has 0 saturated heterocycles. The average Bonchev–Trinajstić information content (AvgIpc) is 2.81. The van der Waals surface area contributed by atoms with Gasteiger partial charge >= 0.3 is 0 Å². The van der Waals surface area contributed by atoms with Gasteiger partial charge in [-0.25, -0.2) is 4.39 Å². The molecule has 0 aliphatic heterocycles. The lowest BCUT2D eigenvalue weighted by Crippen LogP contribution is -2.50. The van der Waals surface area contributed by atoms with E-state index < -0.39 is 6.04 Å². The largest absolute Gasteiger partial charge is 0.352 e. The maximum Gasteiger partial charge on any atom is 0.242 e. The molecule has 0 radical (unpaired) electrons. The van der Waals surface area contributed by atoms with E-state index in [1.165, 1.54) is 30.3 Å². The van der Waals surface area contributed by atoms with E-state index in [0.29, 0.717) is 15.8 Å². The molecule has 1 N–H and O–H groups in total. The van der Waals surface area contributed by atoms with Gasteiger partial charge in [0.05, 0.1) is 15.8 Å². The van der Waals surface area contributed by atoms with E-state index in [2.05, 4.69) is 5.32 Å². The maximum absolute atomic E-state index is 13.2. The number of rotatable bonds is 9. The van der Waals surface area contributed by atoms with Gasteiger partial charge in [0.1, 0.15) is 11.9 Å². The van der Waals surface area contributed by atoms with Crippen molar-refractivity contribution in [2.75, 3.05) is 5.75 Å². The summed E-state index contributed by atoms with van der Waals surface area (Å²) in [4.78, 5) is 27.8. The molecule has 1 fully saturated rings. The smallest absolute Gasteiger partial charge is 0.242 e. The van der Waals surface area contributed by atoms with Crippen molar-refractivity contribution in [1.82, 2.24) is 10.2 Å². The van der Waals surface area contributed by atoms with Gasteiger partial charge < -0.3 is 10.2 Å². The zero-order valence-corrected chi connectivity index (χ0v) is 21.0. The van der Waals surface area contributed by atoms with Crippen LogP contribution >= 0.6 is 35.0 Å². The lowest BCUT2D eigenvalue weighted by Gasteiger charge is -2.31. The Balaban J connectivity index is 1.67. The first-order valence-electron chi connectivity index (χ1n) is 11.2. The van der Waals surface area contributed by atoms with Crippen molar-refractivity contribution in [3.05, 3.63) is 69.5 Å². The molecular formula is C25H29Cl2FN2O2S. The van der Waals surface area contributed by atoms with E-state index in [-0.39, 0.29) is 36.0 Å². The molecule has 2 aromatic rings. The summed E-state index contributed by atoms with van der Waals surface area (Å²) in [5.74, 6) is 0.221. The number of amides is 2. The molecule has 2 amide bonds. The van der Waals surface area contributed by atoms with Crippen molar-refractivity contribution in [3.63, 3.8) is 0 Å². The van der Waals surface area contributed by atoms with Gasteiger partial charge in [0.15, 0.2) is 0 Å². The molecule has 0 spiro atoms. The van der Waals surface area contributed by atoms with E-state index in [1.807, 2.05) is 6.07 Å². The van der Waals surface area contributed by atoms with Gasteiger partial charge in [-0.2, -0.15) is 0 Å². The Morgan fingerprint density at radius 3 is 2.39 bits per heavy atom. The van der Waals surface area contributed by atoms with Gasteiger partial charge in [0.25, 0.3) is 0 Å². The minimum atomic E-state index is -0.625. The van der Waals surface area contributed by atoms with Gasteiger partial charge in [0, 0.05) is 18.3 Å². The van der Waals surface area contributed by atoms with Crippen molar-refractivity contribution in [2.45, 2.75) is 63.4 Å². The first kappa shape index (κ1) is 25.9. The lowest BCUT2D eigenvalue weighted by atomic mass is 9.95. The van der Waals surface area contributed by atoms with Crippen LogP contribution < -0.4 is 5.32 Å². The molecular weight excluding hydrogens is 482 g/mol. The van der Waals surface area contributed by atoms with Crippen LogP contribution in [0.1, 0.15) is 50.2 Å². The second-order valence-electron chi connectivity index (χ2n) is 8.41. The monoisotopic (exact) mass is 510 g/mol. The lowest BCUT2D eigenvalue weighted by molar-refractivity contribution is -0.139. The molecule has 0 aromatic heterocycles. The molecule has 0 bridgehead atoms. The summed E-state index contributed by atoms with van der Waals surface area (Å²) in [6.07, 6.45) is 5.39. The van der Waals surface area contributed by atoms with Gasteiger partial charge in [-0.15, -0.1) is 11.8 Å². The van der Waals surface area contributed by atoms with Crippen LogP contribution in [0.15, 0.2) is 42.5 Å². The number of thioether (sulfide) groups is 1. The van der Waals surface area contributed by atoms with Crippen molar-refractivity contribution in [3.8, 4) is 0 Å². The van der Waals surface area contributed by atoms with Crippen LogP contribution in [0.2, 0.25) is 10.0 Å². The third-order valence-corrected chi connectivity index (χ3v) is 7.59. The fourth-order valence-corrected chi connectivity index (χ4v) is 5.10. The molecule has 1 aliphatic rings. The number of halogens is 3. The normalized spacial score (nSPS) is 15.2. The first-order chi connectivity index (χ1) is 15.8. The Morgan fingerprint density at radius 1 is 1.06 bits per heavy atom. The van der Waals surface area contributed by atoms with E-state index >= 15 is 0 Å². The molecule has 4 nitrogen and oxygen atoms in total. The highest BCUT2D eigenvalue weighted by molar-refractivity contribution is 7.99. The van der Waals surface area contributed by atoms with Gasteiger partial charge in [0.2, 0.25) is 11.8 Å². The molecule has 33 heavy (non-hydrogen) atoms. The fraction of sp³-hybridized carbons (Fsp3) is 0.440. The van der Waals surface area contributed by atoms with Crippen LogP contribution in [0.3, 0.4) is 0 Å². The summed E-state index contributed by atoms with van der Waals surface area (Å²) >= 11 is 13.6. The zero-order chi connectivity index (χ0) is 23.8. The first-order valence-corrected chi connectivity index (χ1v) is 13.1. The third-order valence-electron chi connectivity index (χ3n) is 5.86. The zero-order valence-electron chi connectivity index (χ0n) is 18.7. The minimum absolute atomic E-state index is 0.139. The number of benzene rings is 2. The fourth-order valence-electron chi connectivity index (χ4n) is 3.91.